The Labute approximate surface area is 246 Å². The molecule has 3 aromatic rings. The lowest BCUT2D eigenvalue weighted by molar-refractivity contribution is -0.126. The van der Waals surface area contributed by atoms with Crippen molar-refractivity contribution in [3.05, 3.63) is 35.2 Å². The van der Waals surface area contributed by atoms with Crippen LogP contribution in [-0.2, 0) is 17.6 Å². The minimum absolute atomic E-state index is 0.405. The average molecular weight is 563 g/mol. The number of nitriles is 1. The highest BCUT2D eigenvalue weighted by Crippen LogP contribution is 2.34. The van der Waals surface area contributed by atoms with Crippen LogP contribution in [-0.4, -0.2) is 108 Å². The summed E-state index contributed by atoms with van der Waals surface area (Å²) < 4.78 is 0. The van der Waals surface area contributed by atoms with E-state index in [4.69, 9.17) is 21.7 Å². The third-order valence-corrected chi connectivity index (χ3v) is 8.66. The van der Waals surface area contributed by atoms with Crippen LogP contribution >= 0.6 is 0 Å². The van der Waals surface area contributed by atoms with Gasteiger partial charge in [0.25, 0.3) is 5.91 Å². The topological polar surface area (TPSA) is 112 Å². The third kappa shape index (κ3) is 4.95. The molecule has 1 unspecified atom stereocenters. The Morgan fingerprint density at radius 1 is 1.07 bits per heavy atom. The Balaban J connectivity index is 1.35. The fourth-order valence-corrected chi connectivity index (χ4v) is 6.21. The first-order chi connectivity index (χ1) is 20.4. The number of nitrogens with one attached hydrogen (secondary N) is 1. The van der Waals surface area contributed by atoms with Gasteiger partial charge in [0, 0.05) is 68.6 Å². The molecule has 1 atom stereocenters. The molecule has 11 heteroatoms. The van der Waals surface area contributed by atoms with Gasteiger partial charge in [-0.25, -0.2) is 4.98 Å². The van der Waals surface area contributed by atoms with E-state index in [1.54, 1.807) is 4.90 Å². The van der Waals surface area contributed by atoms with E-state index in [1.807, 2.05) is 12.3 Å². The van der Waals surface area contributed by atoms with Crippen LogP contribution in [0.4, 0.5) is 17.5 Å². The molecule has 0 bridgehead atoms. The molecule has 42 heavy (non-hydrogen) atoms. The molecule has 3 aliphatic heterocycles. The lowest BCUT2D eigenvalue weighted by atomic mass is 10.1. The zero-order valence-electron chi connectivity index (χ0n) is 24.3. The number of benzene rings is 1. The summed E-state index contributed by atoms with van der Waals surface area (Å²) in [5.41, 5.74) is 5.63. The molecule has 0 aliphatic carbocycles. The van der Waals surface area contributed by atoms with Gasteiger partial charge in [-0.1, -0.05) is 12.0 Å². The molecule has 0 spiro atoms. The number of amides is 1. The van der Waals surface area contributed by atoms with Crippen LogP contribution < -0.4 is 14.7 Å². The summed E-state index contributed by atoms with van der Waals surface area (Å²) in [4.78, 5) is 33.5. The molecule has 11 nitrogen and oxygen atoms in total. The van der Waals surface area contributed by atoms with E-state index in [9.17, 15) is 4.79 Å². The number of anilines is 3. The second kappa shape index (κ2) is 11.2. The zero-order chi connectivity index (χ0) is 29.4. The molecule has 3 aliphatic rings. The minimum Gasteiger partial charge on any atom is -0.370 e. The molecule has 2 fully saturated rings. The summed E-state index contributed by atoms with van der Waals surface area (Å²) in [6, 6.07) is 6.06. The smallest absolute Gasteiger partial charge is 0.299 e. The van der Waals surface area contributed by atoms with Crippen LogP contribution in [0.2, 0.25) is 0 Å². The van der Waals surface area contributed by atoms with Gasteiger partial charge in [-0.2, -0.15) is 15.3 Å². The van der Waals surface area contributed by atoms with E-state index in [-0.39, 0.29) is 0 Å². The molecule has 5 heterocycles. The van der Waals surface area contributed by atoms with Crippen LogP contribution in [0.15, 0.2) is 18.3 Å². The molecule has 214 valence electrons. The first-order valence-electron chi connectivity index (χ1n) is 14.3. The van der Waals surface area contributed by atoms with E-state index in [1.165, 1.54) is 11.3 Å². The molecule has 1 aromatic carbocycles. The number of hydrogen-bond donors (Lipinski definition) is 1. The van der Waals surface area contributed by atoms with Gasteiger partial charge in [0.1, 0.15) is 11.9 Å². The van der Waals surface area contributed by atoms with Crippen molar-refractivity contribution in [3.8, 4) is 30.3 Å². The highest BCUT2D eigenvalue weighted by Gasteiger charge is 2.35. The van der Waals surface area contributed by atoms with Crippen molar-refractivity contribution in [2.24, 2.45) is 0 Å². The lowest BCUT2D eigenvalue weighted by Gasteiger charge is -2.43. The predicted octanol–water partition coefficient (Wildman–Crippen LogP) is 1.19. The van der Waals surface area contributed by atoms with Crippen LogP contribution in [0.1, 0.15) is 16.8 Å². The van der Waals surface area contributed by atoms with Crippen molar-refractivity contribution in [3.63, 3.8) is 0 Å². The highest BCUT2D eigenvalue weighted by molar-refractivity contribution is 5.94. The van der Waals surface area contributed by atoms with Crippen molar-refractivity contribution >= 4 is 34.3 Å². The molecular formula is C31H34N10O. The number of terminal acetylenes is 1. The first-order valence-corrected chi connectivity index (χ1v) is 14.3. The van der Waals surface area contributed by atoms with E-state index in [0.29, 0.717) is 25.7 Å². The number of nitrogens with zero attached hydrogens (tertiary/aromatic N) is 9. The highest BCUT2D eigenvalue weighted by atomic mass is 16.2. The van der Waals surface area contributed by atoms with Gasteiger partial charge >= 0.3 is 0 Å². The summed E-state index contributed by atoms with van der Waals surface area (Å²) in [5.74, 6) is 8.85. The molecule has 1 amide bonds. The van der Waals surface area contributed by atoms with Gasteiger partial charge in [-0.05, 0) is 45.0 Å². The summed E-state index contributed by atoms with van der Waals surface area (Å²) in [7, 11) is 4.20. The SMILES string of the molecule is C#CC(=O)N1CCN(c2nc(N3CC(N(C)C)C3)nc3c2CCN(c2c(C)ccc4[nH]ncc24)CC3)CC1C#CC#N. The lowest BCUT2D eigenvalue weighted by Crippen LogP contribution is -2.58. The fourth-order valence-electron chi connectivity index (χ4n) is 6.21. The molecule has 0 radical (unpaired) electrons. The van der Waals surface area contributed by atoms with Gasteiger partial charge in [0.2, 0.25) is 5.95 Å². The first kappa shape index (κ1) is 27.4. The number of piperazine rings is 1. The Morgan fingerprint density at radius 2 is 1.88 bits per heavy atom. The van der Waals surface area contributed by atoms with Crippen LogP contribution in [0.25, 0.3) is 10.9 Å². The molecular weight excluding hydrogens is 528 g/mol. The van der Waals surface area contributed by atoms with E-state index >= 15 is 0 Å². The number of likely N-dealkylation sites (N-methyl/N-ethyl adjacent to an activating group) is 1. The number of carbonyl (C=O) groups is 1. The van der Waals surface area contributed by atoms with Crippen molar-refractivity contribution < 1.29 is 4.79 Å². The van der Waals surface area contributed by atoms with Gasteiger partial charge < -0.3 is 24.5 Å². The normalized spacial score (nSPS) is 19.0. The number of aromatic amines is 1. The van der Waals surface area contributed by atoms with E-state index < -0.39 is 11.9 Å². The summed E-state index contributed by atoms with van der Waals surface area (Å²) in [6.07, 6.45) is 8.91. The van der Waals surface area contributed by atoms with Crippen molar-refractivity contribution in [1.82, 2.24) is 30.0 Å². The van der Waals surface area contributed by atoms with Gasteiger partial charge in [0.15, 0.2) is 6.07 Å². The minimum atomic E-state index is -0.498. The van der Waals surface area contributed by atoms with Crippen LogP contribution in [0, 0.1) is 42.4 Å². The monoisotopic (exact) mass is 562 g/mol. The van der Waals surface area contributed by atoms with Crippen molar-refractivity contribution in [1.29, 1.82) is 5.26 Å². The summed E-state index contributed by atoms with van der Waals surface area (Å²) in [5, 5.41) is 17.6. The molecule has 0 saturated carbocycles. The maximum Gasteiger partial charge on any atom is 0.299 e. The Kier molecular flexibility index (Phi) is 7.33. The van der Waals surface area contributed by atoms with Gasteiger partial charge in [-0.3, -0.25) is 9.89 Å². The summed E-state index contributed by atoms with van der Waals surface area (Å²) in [6.45, 7) is 6.93. The number of aryl methyl sites for hydroxylation is 1. The quantitative estimate of drug-likeness (QED) is 0.469. The molecule has 1 N–H and O–H groups in total. The zero-order valence-corrected chi connectivity index (χ0v) is 24.3. The molecule has 6 rings (SSSR count). The standard InChI is InChI=1S/C31H34N10O/c1-5-28(42)41-16-15-39(18-22(41)7-6-12-32)30-24-10-13-38(29-21(2)8-9-27-25(29)17-33-36-27)14-11-26(24)34-31(35-30)40-19-23(20-40)37(3)4/h1,8-9,17,22-23H,10-11,13-16,18-20H2,2-4H3,(H,33,36). The maximum atomic E-state index is 12.5. The van der Waals surface area contributed by atoms with Crippen molar-refractivity contribution in [2.75, 3.05) is 74.6 Å². The van der Waals surface area contributed by atoms with Gasteiger partial charge in [-0.15, -0.1) is 6.42 Å². The predicted molar refractivity (Wildman–Crippen MR) is 162 cm³/mol. The number of H-pyrrole nitrogens is 1. The number of carbonyl (C=O) groups excluding carboxylic acids is 1. The number of fused-ring (bicyclic) bond motifs is 2. The Bertz CT molecular complexity index is 1660. The second-order valence-electron chi connectivity index (χ2n) is 11.3. The third-order valence-electron chi connectivity index (χ3n) is 8.66. The Hall–Kier alpha value is -4.79. The van der Waals surface area contributed by atoms with Crippen molar-refractivity contribution in [2.45, 2.75) is 31.8 Å². The van der Waals surface area contributed by atoms with Gasteiger partial charge in [0.05, 0.1) is 29.6 Å². The molecule has 2 aromatic heterocycles. The Morgan fingerprint density at radius 3 is 2.64 bits per heavy atom. The van der Waals surface area contributed by atoms with Crippen LogP contribution in [0.3, 0.4) is 0 Å². The largest absolute Gasteiger partial charge is 0.370 e. The number of aromatic nitrogens is 4. The van der Waals surface area contributed by atoms with E-state index in [0.717, 1.165) is 72.9 Å². The number of rotatable bonds is 4. The maximum absolute atomic E-state index is 12.5. The fraction of sp³-hybridized carbons (Fsp3) is 0.452. The van der Waals surface area contributed by atoms with E-state index in [2.05, 4.69) is 80.7 Å². The average Bonchev–Trinajstić information content (AvgIpc) is 3.34. The number of hydrogen-bond acceptors (Lipinski definition) is 9. The second-order valence-corrected chi connectivity index (χ2v) is 11.3. The van der Waals surface area contributed by atoms with Crippen LogP contribution in [0.5, 0.6) is 0 Å². The molecule has 2 saturated heterocycles. The summed E-state index contributed by atoms with van der Waals surface area (Å²) >= 11 is 0.